The van der Waals surface area contributed by atoms with E-state index in [1.165, 1.54) is 19.3 Å². The third-order valence-corrected chi connectivity index (χ3v) is 8.08. The molecule has 4 bridgehead atoms. The van der Waals surface area contributed by atoms with Crippen molar-refractivity contribution in [2.75, 3.05) is 32.8 Å². The van der Waals surface area contributed by atoms with E-state index in [0.29, 0.717) is 43.2 Å². The van der Waals surface area contributed by atoms with Crippen molar-refractivity contribution in [1.82, 2.24) is 9.80 Å². The molecule has 0 atom stereocenters. The van der Waals surface area contributed by atoms with Crippen LogP contribution >= 0.6 is 0 Å². The summed E-state index contributed by atoms with van der Waals surface area (Å²) in [5, 5.41) is 0. The van der Waals surface area contributed by atoms with Gasteiger partial charge in [-0.05, 0) is 74.0 Å². The molecule has 5 nitrogen and oxygen atoms in total. The minimum atomic E-state index is -4.35. The SMILES string of the molecule is O=C(c1ccc(COCC(F)(F)F)cc1)N1CCN(C(=O)C23CC4CC(CC(C4)C2)C3)CC1. The Hall–Kier alpha value is -2.09. The summed E-state index contributed by atoms with van der Waals surface area (Å²) in [6.45, 7) is 0.700. The molecule has 5 aliphatic rings. The zero-order valence-corrected chi connectivity index (χ0v) is 18.8. The van der Waals surface area contributed by atoms with Crippen LogP contribution in [0.15, 0.2) is 24.3 Å². The van der Waals surface area contributed by atoms with E-state index in [9.17, 15) is 22.8 Å². The van der Waals surface area contributed by atoms with Gasteiger partial charge < -0.3 is 14.5 Å². The Morgan fingerprint density at radius 2 is 1.39 bits per heavy atom. The molecule has 2 amide bonds. The second kappa shape index (κ2) is 8.60. The van der Waals surface area contributed by atoms with Crippen LogP contribution in [0.5, 0.6) is 0 Å². The Bertz CT molecular complexity index is 856. The van der Waals surface area contributed by atoms with Crippen molar-refractivity contribution in [1.29, 1.82) is 0 Å². The Morgan fingerprint density at radius 1 is 0.879 bits per heavy atom. The smallest absolute Gasteiger partial charge is 0.367 e. The Balaban J connectivity index is 1.14. The highest BCUT2D eigenvalue weighted by Gasteiger charge is 2.55. The van der Waals surface area contributed by atoms with Gasteiger partial charge in [0.1, 0.15) is 6.61 Å². The number of piperazine rings is 1. The molecule has 1 saturated heterocycles. The van der Waals surface area contributed by atoms with Crippen LogP contribution in [-0.4, -0.2) is 60.6 Å². The number of ether oxygens (including phenoxy) is 1. The number of alkyl halides is 3. The number of benzene rings is 1. The summed E-state index contributed by atoms with van der Waals surface area (Å²) in [6, 6.07) is 6.50. The number of rotatable bonds is 5. The van der Waals surface area contributed by atoms with Crippen LogP contribution in [0.4, 0.5) is 13.2 Å². The third-order valence-electron chi connectivity index (χ3n) is 8.08. The van der Waals surface area contributed by atoms with Gasteiger partial charge in [-0.15, -0.1) is 0 Å². The van der Waals surface area contributed by atoms with E-state index in [1.807, 2.05) is 4.90 Å². The molecule has 0 spiro atoms. The predicted octanol–water partition coefficient (Wildman–Crippen LogP) is 4.27. The van der Waals surface area contributed by atoms with Gasteiger partial charge in [-0.3, -0.25) is 9.59 Å². The lowest BCUT2D eigenvalue weighted by Crippen LogP contribution is -2.58. The highest BCUT2D eigenvalue weighted by atomic mass is 19.4. The Morgan fingerprint density at radius 3 is 1.91 bits per heavy atom. The Kier molecular flexibility index (Phi) is 5.91. The number of nitrogens with zero attached hydrogens (tertiary/aromatic N) is 2. The number of carbonyl (C=O) groups excluding carboxylic acids is 2. The van der Waals surface area contributed by atoms with Crippen LogP contribution in [0.3, 0.4) is 0 Å². The van der Waals surface area contributed by atoms with Crippen molar-refractivity contribution in [2.24, 2.45) is 23.2 Å². The van der Waals surface area contributed by atoms with Crippen LogP contribution in [0.1, 0.15) is 54.4 Å². The summed E-state index contributed by atoms with van der Waals surface area (Å²) in [5.74, 6) is 2.39. The molecule has 4 aliphatic carbocycles. The van der Waals surface area contributed by atoms with Crippen LogP contribution in [0, 0.1) is 23.2 Å². The summed E-state index contributed by atoms with van der Waals surface area (Å²) in [6.07, 6.45) is 2.73. The first-order valence-corrected chi connectivity index (χ1v) is 12.0. The van der Waals surface area contributed by atoms with Crippen LogP contribution < -0.4 is 0 Å². The average molecular weight is 465 g/mol. The maximum absolute atomic E-state index is 13.5. The number of halogens is 3. The molecule has 8 heteroatoms. The van der Waals surface area contributed by atoms with E-state index < -0.39 is 12.8 Å². The number of hydrogen-bond acceptors (Lipinski definition) is 3. The van der Waals surface area contributed by atoms with E-state index in [2.05, 4.69) is 4.74 Å². The lowest BCUT2D eigenvalue weighted by atomic mass is 9.49. The maximum atomic E-state index is 13.5. The van der Waals surface area contributed by atoms with E-state index in [4.69, 9.17) is 0 Å². The molecule has 4 saturated carbocycles. The lowest BCUT2D eigenvalue weighted by Gasteiger charge is -2.57. The fraction of sp³-hybridized carbons (Fsp3) is 0.680. The monoisotopic (exact) mass is 464 g/mol. The van der Waals surface area contributed by atoms with Gasteiger partial charge in [0, 0.05) is 31.7 Å². The number of amides is 2. The first kappa shape index (κ1) is 22.7. The van der Waals surface area contributed by atoms with E-state index in [-0.39, 0.29) is 17.9 Å². The number of carbonyl (C=O) groups is 2. The van der Waals surface area contributed by atoms with Gasteiger partial charge in [0.2, 0.25) is 5.91 Å². The van der Waals surface area contributed by atoms with E-state index in [0.717, 1.165) is 37.0 Å². The second-order valence-electron chi connectivity index (χ2n) is 10.6. The molecule has 5 fully saturated rings. The summed E-state index contributed by atoms with van der Waals surface area (Å²) in [4.78, 5) is 30.2. The molecule has 1 aromatic carbocycles. The highest BCUT2D eigenvalue weighted by molar-refractivity contribution is 5.94. The summed E-state index contributed by atoms with van der Waals surface area (Å²) < 4.78 is 41.3. The lowest BCUT2D eigenvalue weighted by molar-refractivity contribution is -0.176. The van der Waals surface area contributed by atoms with Gasteiger partial charge in [0.25, 0.3) is 5.91 Å². The maximum Gasteiger partial charge on any atom is 0.411 e. The topological polar surface area (TPSA) is 49.9 Å². The van der Waals surface area contributed by atoms with Gasteiger partial charge >= 0.3 is 6.18 Å². The minimum absolute atomic E-state index is 0.111. The molecular weight excluding hydrogens is 433 g/mol. The highest BCUT2D eigenvalue weighted by Crippen LogP contribution is 2.60. The molecule has 1 heterocycles. The van der Waals surface area contributed by atoms with Crippen molar-refractivity contribution in [3.8, 4) is 0 Å². The Labute approximate surface area is 192 Å². The normalized spacial score (nSPS) is 31.2. The van der Waals surface area contributed by atoms with Crippen LogP contribution in [-0.2, 0) is 16.1 Å². The zero-order valence-electron chi connectivity index (χ0n) is 18.8. The van der Waals surface area contributed by atoms with E-state index in [1.54, 1.807) is 29.2 Å². The third kappa shape index (κ3) is 4.77. The zero-order chi connectivity index (χ0) is 23.2. The molecule has 0 unspecified atom stereocenters. The van der Waals surface area contributed by atoms with Crippen molar-refractivity contribution < 1.29 is 27.5 Å². The summed E-state index contributed by atoms with van der Waals surface area (Å²) in [5.41, 5.74) is 0.933. The van der Waals surface area contributed by atoms with Crippen molar-refractivity contribution in [3.05, 3.63) is 35.4 Å². The van der Waals surface area contributed by atoms with Crippen LogP contribution in [0.2, 0.25) is 0 Å². The molecule has 180 valence electrons. The van der Waals surface area contributed by atoms with E-state index >= 15 is 0 Å². The number of hydrogen-bond donors (Lipinski definition) is 0. The van der Waals surface area contributed by atoms with Gasteiger partial charge in [-0.1, -0.05) is 12.1 Å². The predicted molar refractivity (Wildman–Crippen MR) is 115 cm³/mol. The summed E-state index contributed by atoms with van der Waals surface area (Å²) >= 11 is 0. The molecular formula is C25H31F3N2O3. The quantitative estimate of drug-likeness (QED) is 0.654. The average Bonchev–Trinajstić information content (AvgIpc) is 2.77. The molecule has 0 radical (unpaired) electrons. The van der Waals surface area contributed by atoms with Crippen LogP contribution in [0.25, 0.3) is 0 Å². The fourth-order valence-electron chi connectivity index (χ4n) is 7.03. The first-order chi connectivity index (χ1) is 15.7. The summed E-state index contributed by atoms with van der Waals surface area (Å²) in [7, 11) is 0. The minimum Gasteiger partial charge on any atom is -0.367 e. The largest absolute Gasteiger partial charge is 0.411 e. The van der Waals surface area contributed by atoms with Gasteiger partial charge in [0.05, 0.1) is 12.0 Å². The van der Waals surface area contributed by atoms with Crippen molar-refractivity contribution >= 4 is 11.8 Å². The molecule has 0 aromatic heterocycles. The van der Waals surface area contributed by atoms with Gasteiger partial charge in [0.15, 0.2) is 0 Å². The fourth-order valence-corrected chi connectivity index (χ4v) is 7.03. The van der Waals surface area contributed by atoms with Crippen molar-refractivity contribution in [3.63, 3.8) is 0 Å². The molecule has 6 rings (SSSR count). The second-order valence-corrected chi connectivity index (χ2v) is 10.6. The standard InChI is InChI=1S/C25H31F3N2O3/c26-25(27,28)16-33-15-17-1-3-21(4-2-17)22(31)29-5-7-30(8-6-29)23(32)24-12-18-9-19(13-24)11-20(10-18)14-24/h1-4,18-20H,5-16H2. The van der Waals surface area contributed by atoms with Crippen molar-refractivity contribution in [2.45, 2.75) is 51.3 Å². The van der Waals surface area contributed by atoms with Gasteiger partial charge in [-0.25, -0.2) is 0 Å². The first-order valence-electron chi connectivity index (χ1n) is 12.0. The molecule has 1 aromatic rings. The molecule has 1 aliphatic heterocycles. The molecule has 0 N–H and O–H groups in total. The van der Waals surface area contributed by atoms with Gasteiger partial charge in [-0.2, -0.15) is 13.2 Å². The molecule has 33 heavy (non-hydrogen) atoms.